The third-order valence-corrected chi connectivity index (χ3v) is 7.04. The van der Waals surface area contributed by atoms with Gasteiger partial charge in [-0.25, -0.2) is 0 Å². The minimum atomic E-state index is -0.423. The smallest absolute Gasteiger partial charge is 0.119 e. The number of epoxide rings is 1. The second-order valence-electron chi connectivity index (χ2n) is 11.0. The van der Waals surface area contributed by atoms with Crippen molar-refractivity contribution in [3.63, 3.8) is 0 Å². The Labute approximate surface area is 213 Å². The van der Waals surface area contributed by atoms with Crippen LogP contribution in [-0.4, -0.2) is 25.9 Å². The lowest BCUT2D eigenvalue weighted by Crippen LogP contribution is -2.28. The van der Waals surface area contributed by atoms with E-state index in [9.17, 15) is 0 Å². The Kier molecular flexibility index (Phi) is 5.61. The van der Waals surface area contributed by atoms with Gasteiger partial charge in [0, 0.05) is 0 Å². The highest BCUT2D eigenvalue weighted by Crippen LogP contribution is 2.56. The fourth-order valence-electron chi connectivity index (χ4n) is 5.28. The number of hydrogen-bond donors (Lipinski definition) is 0. The highest BCUT2D eigenvalue weighted by molar-refractivity contribution is 5.86. The molecule has 0 aromatic heterocycles. The molecule has 3 nitrogen and oxygen atoms in total. The van der Waals surface area contributed by atoms with Crippen molar-refractivity contribution in [2.45, 2.75) is 32.3 Å². The molecular formula is C33H32O3. The summed E-state index contributed by atoms with van der Waals surface area (Å²) in [5, 5.41) is 0. The van der Waals surface area contributed by atoms with Gasteiger partial charge >= 0.3 is 0 Å². The van der Waals surface area contributed by atoms with Crippen molar-refractivity contribution < 1.29 is 14.2 Å². The molecule has 0 amide bonds. The van der Waals surface area contributed by atoms with Crippen LogP contribution in [0.25, 0.3) is 11.1 Å². The third-order valence-electron chi connectivity index (χ3n) is 7.04. The predicted molar refractivity (Wildman–Crippen MR) is 144 cm³/mol. The first-order chi connectivity index (χ1) is 17.4. The van der Waals surface area contributed by atoms with Gasteiger partial charge in [-0.1, -0.05) is 93.6 Å². The van der Waals surface area contributed by atoms with E-state index in [4.69, 9.17) is 14.2 Å². The molecule has 1 fully saturated rings. The number of rotatable bonds is 7. The maximum atomic E-state index is 6.11. The average Bonchev–Trinajstić information content (AvgIpc) is 3.68. The van der Waals surface area contributed by atoms with Crippen LogP contribution in [0.3, 0.4) is 0 Å². The molecule has 4 aromatic rings. The van der Waals surface area contributed by atoms with Crippen LogP contribution in [0.2, 0.25) is 0 Å². The quantitative estimate of drug-likeness (QED) is 0.232. The molecule has 6 rings (SSSR count). The van der Waals surface area contributed by atoms with Crippen LogP contribution >= 0.6 is 0 Å². The van der Waals surface area contributed by atoms with Crippen LogP contribution in [0.4, 0.5) is 0 Å². The molecule has 36 heavy (non-hydrogen) atoms. The molecule has 0 saturated carbocycles. The Morgan fingerprint density at radius 1 is 0.694 bits per heavy atom. The van der Waals surface area contributed by atoms with Gasteiger partial charge in [0.2, 0.25) is 0 Å². The van der Waals surface area contributed by atoms with Crippen molar-refractivity contribution in [3.05, 3.63) is 119 Å². The van der Waals surface area contributed by atoms with Gasteiger partial charge in [0.25, 0.3) is 0 Å². The van der Waals surface area contributed by atoms with Crippen LogP contribution in [0, 0.1) is 5.41 Å². The molecule has 0 spiro atoms. The first kappa shape index (κ1) is 22.9. The van der Waals surface area contributed by atoms with Gasteiger partial charge in [0.05, 0.1) is 18.6 Å². The molecular weight excluding hydrogens is 444 g/mol. The molecule has 4 aromatic carbocycles. The second-order valence-corrected chi connectivity index (χ2v) is 11.0. The van der Waals surface area contributed by atoms with Crippen LogP contribution in [0.15, 0.2) is 97.1 Å². The number of fused-ring (bicyclic) bond motifs is 3. The lowest BCUT2D eigenvalue weighted by molar-refractivity contribution is 0.198. The van der Waals surface area contributed by atoms with E-state index < -0.39 is 5.41 Å². The van der Waals surface area contributed by atoms with Crippen LogP contribution in [0.1, 0.15) is 43.0 Å². The summed E-state index contributed by atoms with van der Waals surface area (Å²) in [5.41, 5.74) is 7.30. The van der Waals surface area contributed by atoms with Crippen molar-refractivity contribution in [1.82, 2.24) is 0 Å². The van der Waals surface area contributed by atoms with Crippen molar-refractivity contribution >= 4 is 0 Å². The molecule has 1 heterocycles. The van der Waals surface area contributed by atoms with E-state index in [2.05, 4.69) is 118 Å². The molecule has 0 radical (unpaired) electrons. The largest absolute Gasteiger partial charge is 0.493 e. The fourth-order valence-corrected chi connectivity index (χ4v) is 5.28. The van der Waals surface area contributed by atoms with E-state index in [1.165, 1.54) is 33.4 Å². The second kappa shape index (κ2) is 8.83. The summed E-state index contributed by atoms with van der Waals surface area (Å²) in [6.07, 6.45) is 0.239. The minimum Gasteiger partial charge on any atom is -0.493 e. The zero-order valence-electron chi connectivity index (χ0n) is 21.2. The molecule has 1 aliphatic carbocycles. The Bertz CT molecular complexity index is 1310. The standard InChI is InChI=1S/C33H32O3/c1-32(2,3)22-36-26-18-14-24(15-19-26)33(23-12-16-25(17-13-23)34-20-27-21-35-27)30-10-6-4-8-28(30)29-9-5-7-11-31(29)33/h4-19,27H,20-22H2,1-3H3. The van der Waals surface area contributed by atoms with Gasteiger partial charge in [0.15, 0.2) is 0 Å². The summed E-state index contributed by atoms with van der Waals surface area (Å²) < 4.78 is 17.4. The molecule has 1 aliphatic heterocycles. The Hall–Kier alpha value is -3.56. The van der Waals surface area contributed by atoms with E-state index in [1.54, 1.807) is 0 Å². The van der Waals surface area contributed by atoms with Crippen molar-refractivity contribution in [2.75, 3.05) is 19.8 Å². The molecule has 0 N–H and O–H groups in total. The average molecular weight is 477 g/mol. The topological polar surface area (TPSA) is 31.0 Å². The number of benzene rings is 4. The zero-order chi connectivity index (χ0) is 24.8. The maximum absolute atomic E-state index is 6.11. The highest BCUT2D eigenvalue weighted by atomic mass is 16.6. The summed E-state index contributed by atoms with van der Waals surface area (Å²) in [7, 11) is 0. The zero-order valence-corrected chi connectivity index (χ0v) is 21.2. The van der Waals surface area contributed by atoms with Crippen molar-refractivity contribution in [1.29, 1.82) is 0 Å². The molecule has 1 unspecified atom stereocenters. The maximum Gasteiger partial charge on any atom is 0.119 e. The molecule has 1 atom stereocenters. The number of hydrogen-bond acceptors (Lipinski definition) is 3. The van der Waals surface area contributed by atoms with E-state index in [1.807, 2.05) is 0 Å². The van der Waals surface area contributed by atoms with Gasteiger partial charge in [-0.2, -0.15) is 0 Å². The highest BCUT2D eigenvalue weighted by Gasteiger charge is 2.45. The summed E-state index contributed by atoms with van der Waals surface area (Å²) >= 11 is 0. The van der Waals surface area contributed by atoms with Gasteiger partial charge in [-0.15, -0.1) is 0 Å². The first-order valence-electron chi connectivity index (χ1n) is 12.7. The first-order valence-corrected chi connectivity index (χ1v) is 12.7. The lowest BCUT2D eigenvalue weighted by Gasteiger charge is -2.34. The van der Waals surface area contributed by atoms with Crippen LogP contribution < -0.4 is 9.47 Å². The molecule has 182 valence electrons. The van der Waals surface area contributed by atoms with E-state index in [0.717, 1.165) is 18.1 Å². The van der Waals surface area contributed by atoms with E-state index in [-0.39, 0.29) is 11.5 Å². The fraction of sp³-hybridized carbons (Fsp3) is 0.273. The normalized spacial score (nSPS) is 17.2. The third kappa shape index (κ3) is 4.08. The molecule has 3 heteroatoms. The summed E-state index contributed by atoms with van der Waals surface area (Å²) in [6, 6.07) is 34.9. The lowest BCUT2D eigenvalue weighted by atomic mass is 9.68. The summed E-state index contributed by atoms with van der Waals surface area (Å²) in [5.74, 6) is 1.77. The van der Waals surface area contributed by atoms with E-state index >= 15 is 0 Å². The summed E-state index contributed by atoms with van der Waals surface area (Å²) in [6.45, 7) is 8.64. The Morgan fingerprint density at radius 3 is 1.64 bits per heavy atom. The van der Waals surface area contributed by atoms with E-state index in [0.29, 0.717) is 13.2 Å². The Morgan fingerprint density at radius 2 is 1.17 bits per heavy atom. The van der Waals surface area contributed by atoms with Crippen molar-refractivity contribution in [2.24, 2.45) is 5.41 Å². The summed E-state index contributed by atoms with van der Waals surface area (Å²) in [4.78, 5) is 0. The minimum absolute atomic E-state index is 0.110. The van der Waals surface area contributed by atoms with Crippen LogP contribution in [0.5, 0.6) is 11.5 Å². The molecule has 2 aliphatic rings. The predicted octanol–water partition coefficient (Wildman–Crippen LogP) is 7.25. The van der Waals surface area contributed by atoms with Gasteiger partial charge in [0.1, 0.15) is 24.2 Å². The molecule has 0 bridgehead atoms. The van der Waals surface area contributed by atoms with Crippen LogP contribution in [-0.2, 0) is 10.2 Å². The SMILES string of the molecule is CC(C)(C)COc1ccc(C2(c3ccc(OCC4CO4)cc3)c3ccccc3-c3ccccc32)cc1. The van der Waals surface area contributed by atoms with Gasteiger partial charge < -0.3 is 14.2 Å². The monoisotopic (exact) mass is 476 g/mol. The number of ether oxygens (including phenoxy) is 3. The molecule has 1 saturated heterocycles. The van der Waals surface area contributed by atoms with Gasteiger partial charge in [-0.05, 0) is 63.1 Å². The Balaban J connectivity index is 1.47. The van der Waals surface area contributed by atoms with Crippen molar-refractivity contribution in [3.8, 4) is 22.6 Å². The van der Waals surface area contributed by atoms with Gasteiger partial charge in [-0.3, -0.25) is 0 Å².